The molecule has 0 saturated carbocycles. The molecule has 0 amide bonds. The molecule has 0 N–H and O–H groups in total. The number of halogens is 1. The molecule has 0 aliphatic rings. The van der Waals surface area contributed by atoms with Crippen molar-refractivity contribution in [2.24, 2.45) is 0 Å². The average Bonchev–Trinajstić information content (AvgIpc) is 2.20. The van der Waals surface area contributed by atoms with E-state index in [9.17, 15) is 0 Å². The molecular formula is C10H24ClNO2Si. The molecule has 0 saturated heterocycles. The average molecular weight is 254 g/mol. The van der Waals surface area contributed by atoms with Crippen LogP contribution in [-0.4, -0.2) is 61.0 Å². The second-order valence-corrected chi connectivity index (χ2v) is 5.68. The quantitative estimate of drug-likeness (QED) is 0.313. The second-order valence-electron chi connectivity index (χ2n) is 3.78. The normalized spacial score (nSPS) is 12.0. The summed E-state index contributed by atoms with van der Waals surface area (Å²) in [5, 5.41) is 0. The van der Waals surface area contributed by atoms with Crippen molar-refractivity contribution in [2.45, 2.75) is 18.9 Å². The molecule has 15 heavy (non-hydrogen) atoms. The lowest BCUT2D eigenvalue weighted by molar-refractivity contribution is 0.106. The Bertz CT molecular complexity index is 128. The number of nitrogens with zero attached hydrogens (tertiary/aromatic N) is 1. The minimum atomic E-state index is -0.300. The van der Waals surface area contributed by atoms with Gasteiger partial charge in [0, 0.05) is 25.6 Å². The highest BCUT2D eigenvalue weighted by Crippen LogP contribution is 1.93. The molecule has 0 fully saturated rings. The van der Waals surface area contributed by atoms with E-state index in [0.717, 1.165) is 45.1 Å². The first-order chi connectivity index (χ1) is 7.27. The molecule has 0 rings (SSSR count). The van der Waals surface area contributed by atoms with Crippen LogP contribution < -0.4 is 0 Å². The van der Waals surface area contributed by atoms with Crippen molar-refractivity contribution in [1.82, 2.24) is 4.90 Å². The largest absolute Gasteiger partial charge is 0.424 e. The Morgan fingerprint density at radius 1 is 1.13 bits per heavy atom. The van der Waals surface area contributed by atoms with Crippen molar-refractivity contribution < 1.29 is 9.16 Å². The van der Waals surface area contributed by atoms with Gasteiger partial charge in [-0.05, 0) is 33.0 Å². The Balaban J connectivity index is 2.87. The van der Waals surface area contributed by atoms with Crippen LogP contribution in [0.15, 0.2) is 0 Å². The summed E-state index contributed by atoms with van der Waals surface area (Å²) in [5.74, 6) is 0.768. The number of ether oxygens (including phenoxy) is 1. The fraction of sp³-hybridized carbons (Fsp3) is 1.00. The summed E-state index contributed by atoms with van der Waals surface area (Å²) in [5.41, 5.74) is 0. The lowest BCUT2D eigenvalue weighted by atomic mass is 10.5. The van der Waals surface area contributed by atoms with Crippen molar-refractivity contribution in [3.63, 3.8) is 0 Å². The molecular weight excluding hydrogens is 230 g/mol. The van der Waals surface area contributed by atoms with E-state index in [1.807, 2.05) is 0 Å². The molecule has 0 aliphatic carbocycles. The number of rotatable bonds is 11. The van der Waals surface area contributed by atoms with Gasteiger partial charge in [0.2, 0.25) is 0 Å². The van der Waals surface area contributed by atoms with Crippen LogP contribution in [0, 0.1) is 0 Å². The second kappa shape index (κ2) is 12.5. The third-order valence-electron chi connectivity index (χ3n) is 1.93. The third-order valence-corrected chi connectivity index (χ3v) is 3.57. The molecule has 0 aromatic heterocycles. The van der Waals surface area contributed by atoms with Crippen molar-refractivity contribution in [3.05, 3.63) is 0 Å². The zero-order valence-corrected chi connectivity index (χ0v) is 12.2. The summed E-state index contributed by atoms with van der Waals surface area (Å²) in [6, 6.07) is 1.20. The summed E-state index contributed by atoms with van der Waals surface area (Å²) < 4.78 is 11.0. The van der Waals surface area contributed by atoms with Gasteiger partial charge in [-0.3, -0.25) is 0 Å². The maximum atomic E-state index is 5.57. The fourth-order valence-electron chi connectivity index (χ4n) is 1.01. The molecule has 0 aromatic rings. The van der Waals surface area contributed by atoms with Crippen LogP contribution in [0.2, 0.25) is 6.04 Å². The van der Waals surface area contributed by atoms with Crippen LogP contribution >= 0.6 is 11.6 Å². The predicted octanol–water partition coefficient (Wildman–Crippen LogP) is 1.10. The molecule has 0 atom stereocenters. The maximum absolute atomic E-state index is 5.57. The van der Waals surface area contributed by atoms with Gasteiger partial charge < -0.3 is 14.1 Å². The van der Waals surface area contributed by atoms with Gasteiger partial charge in [0.15, 0.2) is 9.76 Å². The molecule has 5 heteroatoms. The summed E-state index contributed by atoms with van der Waals surface area (Å²) in [4.78, 5) is 2.12. The van der Waals surface area contributed by atoms with Crippen molar-refractivity contribution in [2.75, 3.05) is 46.3 Å². The fourth-order valence-corrected chi connectivity index (χ4v) is 2.59. The van der Waals surface area contributed by atoms with E-state index >= 15 is 0 Å². The van der Waals surface area contributed by atoms with Gasteiger partial charge >= 0.3 is 0 Å². The van der Waals surface area contributed by atoms with Crippen LogP contribution in [0.5, 0.6) is 0 Å². The molecule has 0 aliphatic heterocycles. The molecule has 0 unspecified atom stereocenters. The minimum Gasteiger partial charge on any atom is -0.424 e. The van der Waals surface area contributed by atoms with E-state index in [1.54, 1.807) is 0 Å². The Labute approximate surface area is 101 Å². The Morgan fingerprint density at radius 3 is 2.60 bits per heavy atom. The zero-order valence-electron chi connectivity index (χ0n) is 10.0. The highest BCUT2D eigenvalue weighted by molar-refractivity contribution is 6.27. The molecule has 3 nitrogen and oxygen atoms in total. The molecule has 0 radical (unpaired) electrons. The number of hydrogen-bond acceptors (Lipinski definition) is 3. The SMILES string of the molecule is CN(C)CCOCCCO[SiH2]CCCCl. The van der Waals surface area contributed by atoms with Gasteiger partial charge in [-0.25, -0.2) is 0 Å². The first kappa shape index (κ1) is 15.4. The molecule has 0 aromatic carbocycles. The predicted molar refractivity (Wildman–Crippen MR) is 68.6 cm³/mol. The monoisotopic (exact) mass is 253 g/mol. The molecule has 0 spiro atoms. The van der Waals surface area contributed by atoms with E-state index in [2.05, 4.69) is 19.0 Å². The Morgan fingerprint density at radius 2 is 1.93 bits per heavy atom. The van der Waals surface area contributed by atoms with Crippen molar-refractivity contribution in [3.8, 4) is 0 Å². The first-order valence-corrected chi connectivity index (χ1v) is 7.74. The summed E-state index contributed by atoms with van der Waals surface area (Å²) in [6.45, 7) is 3.48. The van der Waals surface area contributed by atoms with Gasteiger partial charge in [-0.1, -0.05) is 0 Å². The lowest BCUT2D eigenvalue weighted by Crippen LogP contribution is -2.18. The van der Waals surface area contributed by atoms with Crippen molar-refractivity contribution >= 4 is 21.4 Å². The van der Waals surface area contributed by atoms with E-state index in [4.69, 9.17) is 20.8 Å². The summed E-state index contributed by atoms with van der Waals surface area (Å²) >= 11 is 5.57. The summed E-state index contributed by atoms with van der Waals surface area (Å²) in [6.07, 6.45) is 2.12. The number of hydrogen-bond donors (Lipinski definition) is 0. The highest BCUT2D eigenvalue weighted by Gasteiger charge is 1.93. The third kappa shape index (κ3) is 14.4. The van der Waals surface area contributed by atoms with E-state index < -0.39 is 0 Å². The van der Waals surface area contributed by atoms with E-state index in [1.165, 1.54) is 6.04 Å². The van der Waals surface area contributed by atoms with Crippen LogP contribution in [0.25, 0.3) is 0 Å². The molecule has 0 bridgehead atoms. The topological polar surface area (TPSA) is 21.7 Å². The van der Waals surface area contributed by atoms with Crippen LogP contribution in [0.1, 0.15) is 12.8 Å². The standard InChI is InChI=1S/C10H24ClNO2Si/c1-12(2)6-9-13-7-4-8-14-15-10-3-5-11/h3-10,15H2,1-2H3. The van der Waals surface area contributed by atoms with Gasteiger partial charge in [0.25, 0.3) is 0 Å². The van der Waals surface area contributed by atoms with Crippen LogP contribution in [0.3, 0.4) is 0 Å². The van der Waals surface area contributed by atoms with E-state index in [-0.39, 0.29) is 9.76 Å². The van der Waals surface area contributed by atoms with Gasteiger partial charge in [0.05, 0.1) is 6.61 Å². The Hall–Kier alpha value is 0.387. The highest BCUT2D eigenvalue weighted by atomic mass is 35.5. The summed E-state index contributed by atoms with van der Waals surface area (Å²) in [7, 11) is 3.80. The zero-order chi connectivity index (χ0) is 11.4. The van der Waals surface area contributed by atoms with Crippen LogP contribution in [-0.2, 0) is 9.16 Å². The first-order valence-electron chi connectivity index (χ1n) is 5.63. The maximum Gasteiger partial charge on any atom is 0.161 e. The van der Waals surface area contributed by atoms with Gasteiger partial charge in [-0.2, -0.15) is 0 Å². The molecule has 92 valence electrons. The van der Waals surface area contributed by atoms with Crippen molar-refractivity contribution in [1.29, 1.82) is 0 Å². The number of alkyl halides is 1. The van der Waals surface area contributed by atoms with Crippen LogP contribution in [0.4, 0.5) is 0 Å². The Kier molecular flexibility index (Phi) is 12.8. The van der Waals surface area contributed by atoms with E-state index in [0.29, 0.717) is 0 Å². The molecule has 0 heterocycles. The van der Waals surface area contributed by atoms with Gasteiger partial charge in [-0.15, -0.1) is 11.6 Å². The number of likely N-dealkylation sites (N-methyl/N-ethyl adjacent to an activating group) is 1. The lowest BCUT2D eigenvalue weighted by Gasteiger charge is -2.09. The minimum absolute atomic E-state index is 0.300. The van der Waals surface area contributed by atoms with Gasteiger partial charge in [0.1, 0.15) is 0 Å². The smallest absolute Gasteiger partial charge is 0.161 e.